The van der Waals surface area contributed by atoms with Gasteiger partial charge in [-0.05, 0) is 18.2 Å². The summed E-state index contributed by atoms with van der Waals surface area (Å²) in [5.74, 6) is -0.220. The van der Waals surface area contributed by atoms with Gasteiger partial charge in [0.1, 0.15) is 17.8 Å². The second-order valence-electron chi connectivity index (χ2n) is 3.18. The van der Waals surface area contributed by atoms with Crippen molar-refractivity contribution < 1.29 is 4.39 Å². The monoisotopic (exact) mass is 272 g/mol. The molecule has 0 unspecified atom stereocenters. The number of hydrogen-bond donors (Lipinski definition) is 2. The quantitative estimate of drug-likeness (QED) is 0.824. The normalized spacial score (nSPS) is 10.3. The molecule has 2 rings (SSSR count). The molecule has 1 aromatic carbocycles. The van der Waals surface area contributed by atoms with Gasteiger partial charge in [-0.25, -0.2) is 14.4 Å². The summed E-state index contributed by atoms with van der Waals surface area (Å²) >= 11 is 11.3. The molecule has 0 bridgehead atoms. The summed E-state index contributed by atoms with van der Waals surface area (Å²) in [4.78, 5) is 7.61. The minimum atomic E-state index is -0.532. The maximum Gasteiger partial charge on any atom is 0.158 e. The predicted molar refractivity (Wildman–Crippen MR) is 66.1 cm³/mol. The first-order chi connectivity index (χ1) is 8.08. The standard InChI is InChI=1S/C10H7Cl2FN4/c11-6-2-1-5(3-7(6)13)17-10-8(14)9(12)15-4-16-10/h1-4H,14H2,(H,15,16,17). The van der Waals surface area contributed by atoms with Gasteiger partial charge in [-0.15, -0.1) is 0 Å². The van der Waals surface area contributed by atoms with E-state index in [1.165, 1.54) is 18.5 Å². The average molecular weight is 273 g/mol. The van der Waals surface area contributed by atoms with Gasteiger partial charge in [0.2, 0.25) is 0 Å². The molecule has 0 amide bonds. The van der Waals surface area contributed by atoms with Crippen LogP contribution in [0.2, 0.25) is 10.2 Å². The zero-order valence-corrected chi connectivity index (χ0v) is 9.93. The first kappa shape index (κ1) is 11.9. The van der Waals surface area contributed by atoms with E-state index in [1.54, 1.807) is 6.07 Å². The largest absolute Gasteiger partial charge is 0.393 e. The molecule has 3 N–H and O–H groups in total. The van der Waals surface area contributed by atoms with E-state index < -0.39 is 5.82 Å². The Morgan fingerprint density at radius 2 is 2.00 bits per heavy atom. The summed E-state index contributed by atoms with van der Waals surface area (Å²) in [6, 6.07) is 4.26. The SMILES string of the molecule is Nc1c(Cl)ncnc1Nc1ccc(Cl)c(F)c1. The molecule has 4 nitrogen and oxygen atoms in total. The van der Waals surface area contributed by atoms with Gasteiger partial charge < -0.3 is 11.1 Å². The number of nitrogens with zero attached hydrogens (tertiary/aromatic N) is 2. The van der Waals surface area contributed by atoms with E-state index in [2.05, 4.69) is 15.3 Å². The highest BCUT2D eigenvalue weighted by atomic mass is 35.5. The molecule has 1 aromatic heterocycles. The molecule has 7 heteroatoms. The molecule has 88 valence electrons. The number of nitrogen functional groups attached to an aromatic ring is 1. The molecular formula is C10H7Cl2FN4. The van der Waals surface area contributed by atoms with Gasteiger partial charge in [-0.3, -0.25) is 0 Å². The molecule has 0 saturated carbocycles. The van der Waals surface area contributed by atoms with Gasteiger partial charge in [-0.1, -0.05) is 23.2 Å². The van der Waals surface area contributed by atoms with Gasteiger partial charge in [0, 0.05) is 5.69 Å². The van der Waals surface area contributed by atoms with Crippen LogP contribution in [0.4, 0.5) is 21.6 Å². The molecule has 0 saturated heterocycles. The van der Waals surface area contributed by atoms with Crippen LogP contribution in [-0.4, -0.2) is 9.97 Å². The van der Waals surface area contributed by atoms with Crippen LogP contribution in [-0.2, 0) is 0 Å². The number of hydrogen-bond acceptors (Lipinski definition) is 4. The van der Waals surface area contributed by atoms with Crippen LogP contribution in [0.25, 0.3) is 0 Å². The van der Waals surface area contributed by atoms with E-state index in [-0.39, 0.29) is 15.9 Å². The second kappa shape index (κ2) is 4.73. The number of benzene rings is 1. The number of nitrogens with one attached hydrogen (secondary N) is 1. The van der Waals surface area contributed by atoms with Crippen LogP contribution < -0.4 is 11.1 Å². The van der Waals surface area contributed by atoms with E-state index in [4.69, 9.17) is 28.9 Å². The third-order valence-electron chi connectivity index (χ3n) is 2.02. The highest BCUT2D eigenvalue weighted by Crippen LogP contribution is 2.26. The molecular weight excluding hydrogens is 266 g/mol. The van der Waals surface area contributed by atoms with Crippen molar-refractivity contribution in [3.8, 4) is 0 Å². The summed E-state index contributed by atoms with van der Waals surface area (Å²) in [5.41, 5.74) is 6.32. The summed E-state index contributed by atoms with van der Waals surface area (Å²) in [6.45, 7) is 0. The highest BCUT2D eigenvalue weighted by Gasteiger charge is 2.07. The molecule has 0 spiro atoms. The first-order valence-corrected chi connectivity index (χ1v) is 5.31. The fourth-order valence-electron chi connectivity index (χ4n) is 1.18. The smallest absolute Gasteiger partial charge is 0.158 e. The van der Waals surface area contributed by atoms with Crippen LogP contribution >= 0.6 is 23.2 Å². The van der Waals surface area contributed by atoms with Crippen LogP contribution in [0.5, 0.6) is 0 Å². The summed E-state index contributed by atoms with van der Waals surface area (Å²) in [6.07, 6.45) is 1.26. The Kier molecular flexibility index (Phi) is 3.31. The van der Waals surface area contributed by atoms with Crippen molar-refractivity contribution in [1.29, 1.82) is 0 Å². The topological polar surface area (TPSA) is 63.8 Å². The number of anilines is 3. The number of halogens is 3. The fraction of sp³-hybridized carbons (Fsp3) is 0. The maximum absolute atomic E-state index is 13.2. The molecule has 0 aliphatic rings. The number of rotatable bonds is 2. The van der Waals surface area contributed by atoms with Crippen LogP contribution in [0, 0.1) is 5.82 Å². The van der Waals surface area contributed by atoms with E-state index in [1.807, 2.05) is 0 Å². The molecule has 0 aliphatic heterocycles. The Morgan fingerprint density at radius 1 is 1.24 bits per heavy atom. The van der Waals surface area contributed by atoms with E-state index in [0.717, 1.165) is 0 Å². The molecule has 2 aromatic rings. The lowest BCUT2D eigenvalue weighted by atomic mass is 10.3. The Balaban J connectivity index is 2.31. The van der Waals surface area contributed by atoms with Crippen molar-refractivity contribution in [3.05, 3.63) is 40.5 Å². The molecule has 17 heavy (non-hydrogen) atoms. The highest BCUT2D eigenvalue weighted by molar-refractivity contribution is 6.32. The zero-order valence-electron chi connectivity index (χ0n) is 8.42. The van der Waals surface area contributed by atoms with Crippen LogP contribution in [0.3, 0.4) is 0 Å². The Hall–Kier alpha value is -1.59. The minimum Gasteiger partial charge on any atom is -0.393 e. The van der Waals surface area contributed by atoms with Crippen molar-refractivity contribution in [2.75, 3.05) is 11.1 Å². The van der Waals surface area contributed by atoms with Gasteiger partial charge in [0.05, 0.1) is 5.02 Å². The lowest BCUT2D eigenvalue weighted by molar-refractivity contribution is 0.629. The van der Waals surface area contributed by atoms with Crippen LogP contribution in [0.1, 0.15) is 0 Å². The zero-order chi connectivity index (χ0) is 12.4. The van der Waals surface area contributed by atoms with Crippen molar-refractivity contribution in [1.82, 2.24) is 9.97 Å². The molecule has 1 heterocycles. The molecule has 0 radical (unpaired) electrons. The fourth-order valence-corrected chi connectivity index (χ4v) is 1.43. The van der Waals surface area contributed by atoms with Crippen molar-refractivity contribution in [2.24, 2.45) is 0 Å². The average Bonchev–Trinajstić information content (AvgIpc) is 2.30. The summed E-state index contributed by atoms with van der Waals surface area (Å²) < 4.78 is 13.2. The van der Waals surface area contributed by atoms with E-state index >= 15 is 0 Å². The third kappa shape index (κ3) is 2.57. The van der Waals surface area contributed by atoms with Gasteiger partial charge in [0.15, 0.2) is 11.0 Å². The van der Waals surface area contributed by atoms with Gasteiger partial charge >= 0.3 is 0 Å². The van der Waals surface area contributed by atoms with Gasteiger partial charge in [0.25, 0.3) is 0 Å². The lowest BCUT2D eigenvalue weighted by Crippen LogP contribution is -2.01. The lowest BCUT2D eigenvalue weighted by Gasteiger charge is -2.08. The Labute approximate surface area is 107 Å². The molecule has 0 fully saturated rings. The van der Waals surface area contributed by atoms with Gasteiger partial charge in [-0.2, -0.15) is 0 Å². The minimum absolute atomic E-state index is 0.0456. The molecule has 0 atom stereocenters. The van der Waals surface area contributed by atoms with Crippen molar-refractivity contribution in [2.45, 2.75) is 0 Å². The summed E-state index contributed by atoms with van der Waals surface area (Å²) in [5, 5.41) is 3.00. The van der Waals surface area contributed by atoms with E-state index in [0.29, 0.717) is 11.5 Å². The Morgan fingerprint density at radius 3 is 2.71 bits per heavy atom. The summed E-state index contributed by atoms with van der Waals surface area (Å²) in [7, 11) is 0. The number of aromatic nitrogens is 2. The van der Waals surface area contributed by atoms with Crippen molar-refractivity contribution >= 4 is 40.4 Å². The Bertz CT molecular complexity index is 562. The predicted octanol–water partition coefficient (Wildman–Crippen LogP) is 3.25. The number of nitrogens with two attached hydrogens (primary N) is 1. The maximum atomic E-state index is 13.2. The third-order valence-corrected chi connectivity index (χ3v) is 2.63. The first-order valence-electron chi connectivity index (χ1n) is 4.56. The van der Waals surface area contributed by atoms with Crippen molar-refractivity contribution in [3.63, 3.8) is 0 Å². The van der Waals surface area contributed by atoms with E-state index in [9.17, 15) is 4.39 Å². The second-order valence-corrected chi connectivity index (χ2v) is 3.95. The molecule has 0 aliphatic carbocycles. The van der Waals surface area contributed by atoms with Crippen LogP contribution in [0.15, 0.2) is 24.5 Å².